The number of hydrogen-bond acceptors (Lipinski definition) is 4. The van der Waals surface area contributed by atoms with Crippen LogP contribution in [0.15, 0.2) is 0 Å². The second kappa shape index (κ2) is 3.35. The molecule has 4 nitrogen and oxygen atoms in total. The summed E-state index contributed by atoms with van der Waals surface area (Å²) in [6, 6.07) is 0. The molecule has 0 amide bonds. The molecule has 0 rings (SSSR count). The second-order valence-electron chi connectivity index (χ2n) is 0.408. The summed E-state index contributed by atoms with van der Waals surface area (Å²) in [6.07, 6.45) is 0. The topological polar surface area (TPSA) is 80.3 Å². The third kappa shape index (κ3) is 56.1. The average Bonchev–Trinajstić information content (AvgIpc) is 0.722. The van der Waals surface area contributed by atoms with Crippen molar-refractivity contribution >= 4 is 10.4 Å². The Hall–Kier alpha value is 1.34. The minimum atomic E-state index is -5.17. The predicted octanol–water partition coefficient (Wildman–Crippen LogP) is -1.34. The molecule has 0 N–H and O–H groups in total. The quantitative estimate of drug-likeness (QED) is 0.408. The maximum atomic E-state index is 8.52. The monoisotopic (exact) mass is 322 g/mol. The Morgan fingerprint density at radius 2 is 1.17 bits per heavy atom. The van der Waals surface area contributed by atoms with Crippen LogP contribution in [0.3, 0.4) is 0 Å². The molecule has 0 aliphatic carbocycles. The van der Waals surface area contributed by atoms with Gasteiger partial charge in [0.1, 0.15) is 0 Å². The van der Waals surface area contributed by atoms with Gasteiger partial charge in [-0.3, -0.25) is 8.42 Å². The van der Waals surface area contributed by atoms with Crippen molar-refractivity contribution < 1.29 is 62.5 Å². The Morgan fingerprint density at radius 3 is 1.17 bits per heavy atom. The van der Waals surface area contributed by atoms with Crippen molar-refractivity contribution in [1.82, 2.24) is 0 Å². The van der Waals surface area contributed by atoms with Crippen molar-refractivity contribution in [2.45, 2.75) is 0 Å². The Labute approximate surface area is 71.9 Å². The van der Waals surface area contributed by atoms with E-state index < -0.39 is 10.4 Å². The van der Waals surface area contributed by atoms with E-state index in [-0.39, 0.29) is 45.0 Å². The van der Waals surface area contributed by atoms with Crippen molar-refractivity contribution in [3.63, 3.8) is 0 Å². The van der Waals surface area contributed by atoms with Crippen LogP contribution in [-0.4, -0.2) is 17.5 Å². The van der Waals surface area contributed by atoms with Crippen LogP contribution in [0, 0.1) is 45.0 Å². The van der Waals surface area contributed by atoms with Crippen LogP contribution in [-0.2, 0) is 10.4 Å². The van der Waals surface area contributed by atoms with E-state index in [0.717, 1.165) is 0 Å². The third-order valence-electron chi connectivity index (χ3n) is 0. The maximum absolute atomic E-state index is 8.52. The zero-order valence-corrected chi connectivity index (χ0v) is 9.38. The summed E-state index contributed by atoms with van der Waals surface area (Å²) in [6.45, 7) is 0. The second-order valence-corrected chi connectivity index (χ2v) is 1.22. The molecule has 0 radical (unpaired) electrons. The van der Waals surface area contributed by atoms with E-state index in [1.54, 1.807) is 0 Å². The van der Waals surface area contributed by atoms with Crippen LogP contribution in [0.25, 0.3) is 0 Å². The fraction of sp³-hybridized carbons (Fsp3) is 0. The fourth-order valence-corrected chi connectivity index (χ4v) is 0. The molecular weight excluding hydrogens is 322 g/mol. The average molecular weight is 322 g/mol. The molecule has 0 atom stereocenters. The first-order chi connectivity index (χ1) is 2.00. The molecule has 0 spiro atoms. The first kappa shape index (κ1) is 10.3. The van der Waals surface area contributed by atoms with Crippen molar-refractivity contribution in [3.05, 3.63) is 0 Å². The van der Waals surface area contributed by atoms with E-state index in [0.29, 0.717) is 0 Å². The SMILES string of the molecule is O=S(=O)([O-])[O-].[Ra+2]. The van der Waals surface area contributed by atoms with Gasteiger partial charge in [0.05, 0.1) is 0 Å². The summed E-state index contributed by atoms with van der Waals surface area (Å²) in [5, 5.41) is 0. The largest absolute Gasteiger partial charge is 2.00 e. The zero-order chi connectivity index (χ0) is 4.50. The molecule has 0 unspecified atom stereocenters. The van der Waals surface area contributed by atoms with E-state index in [4.69, 9.17) is 17.5 Å². The van der Waals surface area contributed by atoms with Gasteiger partial charge in [0.25, 0.3) is 0 Å². The molecule has 0 bridgehead atoms. The van der Waals surface area contributed by atoms with Gasteiger partial charge in [-0.2, -0.15) is 0 Å². The first-order valence-corrected chi connectivity index (χ1v) is 2.00. The summed E-state index contributed by atoms with van der Waals surface area (Å²) in [7, 11) is -5.17. The molecule has 0 fully saturated rings. The van der Waals surface area contributed by atoms with Crippen molar-refractivity contribution in [2.75, 3.05) is 0 Å². The molecule has 0 aromatic carbocycles. The summed E-state index contributed by atoms with van der Waals surface area (Å²) >= 11 is 0. The third-order valence-corrected chi connectivity index (χ3v) is 0. The summed E-state index contributed by atoms with van der Waals surface area (Å²) in [4.78, 5) is 0. The van der Waals surface area contributed by atoms with Crippen LogP contribution in [0.4, 0.5) is 0 Å². The zero-order valence-electron chi connectivity index (χ0n) is 2.75. The molecular formula is O4RaS. The molecule has 0 aliphatic rings. The van der Waals surface area contributed by atoms with Gasteiger partial charge < -0.3 is 9.11 Å². The van der Waals surface area contributed by atoms with Crippen LogP contribution < -0.4 is 0 Å². The van der Waals surface area contributed by atoms with Crippen LogP contribution in [0.2, 0.25) is 0 Å². The summed E-state index contributed by atoms with van der Waals surface area (Å²) in [5.41, 5.74) is 0. The van der Waals surface area contributed by atoms with Gasteiger partial charge in [0.15, 0.2) is 0 Å². The Balaban J connectivity index is 0. The molecule has 6 heteroatoms. The Kier molecular flexibility index (Phi) is 5.78. The number of rotatable bonds is 0. The Bertz CT molecular complexity index is 90.7. The predicted molar refractivity (Wildman–Crippen MR) is 10.5 cm³/mol. The van der Waals surface area contributed by atoms with E-state index in [2.05, 4.69) is 0 Å². The van der Waals surface area contributed by atoms with E-state index in [1.165, 1.54) is 0 Å². The van der Waals surface area contributed by atoms with Gasteiger partial charge >= 0.3 is 45.0 Å². The molecule has 0 aromatic heterocycles. The molecule has 0 heterocycles. The van der Waals surface area contributed by atoms with Gasteiger partial charge in [0, 0.05) is 10.4 Å². The van der Waals surface area contributed by atoms with Gasteiger partial charge in [-0.25, -0.2) is 0 Å². The molecule has 0 aliphatic heterocycles. The minimum Gasteiger partial charge on any atom is -0.759 e. The standard InChI is InChI=1S/H2O4S.Ra/c1-5(2,3)4;/h(H2,1,2,3,4);/q;+2/p-2. The normalized spacial score (nSPS) is 9.67. The van der Waals surface area contributed by atoms with Crippen molar-refractivity contribution in [1.29, 1.82) is 0 Å². The molecule has 32 valence electrons. The first-order valence-electron chi connectivity index (χ1n) is 0.667. The van der Waals surface area contributed by atoms with E-state index in [9.17, 15) is 0 Å². The van der Waals surface area contributed by atoms with Gasteiger partial charge in [0.2, 0.25) is 0 Å². The molecule has 0 saturated heterocycles. The molecule has 0 saturated carbocycles. The summed E-state index contributed by atoms with van der Waals surface area (Å²) < 4.78 is 34.1. The van der Waals surface area contributed by atoms with Crippen molar-refractivity contribution in [3.8, 4) is 0 Å². The van der Waals surface area contributed by atoms with Crippen LogP contribution in [0.5, 0.6) is 0 Å². The van der Waals surface area contributed by atoms with Gasteiger partial charge in [-0.15, -0.1) is 0 Å². The maximum Gasteiger partial charge on any atom is 2.00 e. The fourth-order valence-electron chi connectivity index (χ4n) is 0. The van der Waals surface area contributed by atoms with Gasteiger partial charge in [-0.05, 0) is 0 Å². The molecule has 0 aromatic rings. The molecule has 6 heavy (non-hydrogen) atoms. The number of hydrogen-bond donors (Lipinski definition) is 0. The van der Waals surface area contributed by atoms with Gasteiger partial charge in [-0.1, -0.05) is 0 Å². The van der Waals surface area contributed by atoms with Crippen LogP contribution in [0.1, 0.15) is 0 Å². The van der Waals surface area contributed by atoms with Crippen LogP contribution >= 0.6 is 0 Å². The summed E-state index contributed by atoms with van der Waals surface area (Å²) in [5.74, 6) is 0. The minimum absolute atomic E-state index is 0. The Morgan fingerprint density at radius 1 is 1.17 bits per heavy atom. The van der Waals surface area contributed by atoms with E-state index in [1.807, 2.05) is 0 Å². The smallest absolute Gasteiger partial charge is 0.759 e. The van der Waals surface area contributed by atoms with E-state index >= 15 is 0 Å². The van der Waals surface area contributed by atoms with Crippen molar-refractivity contribution in [2.24, 2.45) is 0 Å².